The van der Waals surface area contributed by atoms with E-state index < -0.39 is 0 Å². The summed E-state index contributed by atoms with van der Waals surface area (Å²) >= 11 is 0. The summed E-state index contributed by atoms with van der Waals surface area (Å²) in [5.74, 6) is -0.255. The van der Waals surface area contributed by atoms with Crippen molar-refractivity contribution in [1.82, 2.24) is 15.0 Å². The number of benzene rings is 1. The molecule has 0 spiro atoms. The first-order valence-electron chi connectivity index (χ1n) is 5.59. The lowest BCUT2D eigenvalue weighted by Crippen LogP contribution is -2.25. The third kappa shape index (κ3) is 2.69. The van der Waals surface area contributed by atoms with Crippen LogP contribution in [-0.2, 0) is 4.84 Å². The number of hydroxylamine groups is 2. The molecule has 0 aliphatic heterocycles. The van der Waals surface area contributed by atoms with Crippen LogP contribution >= 0.6 is 0 Å². The van der Waals surface area contributed by atoms with E-state index in [0.717, 1.165) is 5.06 Å². The minimum atomic E-state index is -0.255. The zero-order chi connectivity index (χ0) is 13.8. The van der Waals surface area contributed by atoms with Crippen molar-refractivity contribution in [1.29, 1.82) is 0 Å². The fourth-order valence-electron chi connectivity index (χ4n) is 1.61. The van der Waals surface area contributed by atoms with Gasteiger partial charge in [-0.3, -0.25) is 14.4 Å². The molecule has 0 aliphatic rings. The van der Waals surface area contributed by atoms with Gasteiger partial charge in [0.05, 0.1) is 19.0 Å². The van der Waals surface area contributed by atoms with E-state index in [9.17, 15) is 9.59 Å². The maximum absolute atomic E-state index is 11.8. The van der Waals surface area contributed by atoms with Crippen molar-refractivity contribution in [2.75, 3.05) is 14.2 Å². The summed E-state index contributed by atoms with van der Waals surface area (Å²) in [6, 6.07) is 6.67. The summed E-state index contributed by atoms with van der Waals surface area (Å²) in [6.45, 7) is 0. The molecule has 1 aromatic carbocycles. The first-order valence-corrected chi connectivity index (χ1v) is 5.59. The standard InChI is InChI=1S/C13H13N3O3/c1-16(19-2)13(18)10-5-3-9(4-6-10)11-7-14-8-15-12(11)17/h3-8H,1-2H3,(H,14,15,17). The van der Waals surface area contributed by atoms with Crippen molar-refractivity contribution >= 4 is 5.91 Å². The number of nitrogens with one attached hydrogen (secondary N) is 1. The first kappa shape index (κ1) is 13.0. The van der Waals surface area contributed by atoms with E-state index in [2.05, 4.69) is 9.97 Å². The Morgan fingerprint density at radius 2 is 2.00 bits per heavy atom. The Hall–Kier alpha value is -2.47. The van der Waals surface area contributed by atoms with Crippen LogP contribution in [0, 0.1) is 0 Å². The maximum atomic E-state index is 11.8. The van der Waals surface area contributed by atoms with Crippen LogP contribution in [0.4, 0.5) is 0 Å². The first-order chi connectivity index (χ1) is 9.13. The molecule has 6 heteroatoms. The highest BCUT2D eigenvalue weighted by atomic mass is 16.7. The number of hydrogen-bond donors (Lipinski definition) is 1. The van der Waals surface area contributed by atoms with Crippen molar-refractivity contribution < 1.29 is 9.63 Å². The van der Waals surface area contributed by atoms with E-state index in [4.69, 9.17) is 4.84 Å². The predicted octanol–water partition coefficient (Wildman–Crippen LogP) is 1.07. The van der Waals surface area contributed by atoms with E-state index in [1.54, 1.807) is 24.3 Å². The van der Waals surface area contributed by atoms with Crippen molar-refractivity contribution in [2.24, 2.45) is 0 Å². The molecule has 19 heavy (non-hydrogen) atoms. The third-order valence-corrected chi connectivity index (χ3v) is 2.72. The molecule has 1 heterocycles. The molecule has 2 rings (SSSR count). The van der Waals surface area contributed by atoms with E-state index >= 15 is 0 Å². The van der Waals surface area contributed by atoms with Gasteiger partial charge in [0.25, 0.3) is 11.5 Å². The van der Waals surface area contributed by atoms with Crippen molar-refractivity contribution in [3.8, 4) is 11.1 Å². The Kier molecular flexibility index (Phi) is 3.72. The number of nitrogens with zero attached hydrogens (tertiary/aromatic N) is 2. The Morgan fingerprint density at radius 3 is 2.58 bits per heavy atom. The summed E-state index contributed by atoms with van der Waals surface area (Å²) < 4.78 is 0. The van der Waals surface area contributed by atoms with Crippen LogP contribution in [0.15, 0.2) is 41.6 Å². The lowest BCUT2D eigenvalue weighted by molar-refractivity contribution is -0.0756. The number of aromatic nitrogens is 2. The van der Waals surface area contributed by atoms with Crippen molar-refractivity contribution in [3.05, 3.63) is 52.7 Å². The lowest BCUT2D eigenvalue weighted by atomic mass is 10.1. The van der Waals surface area contributed by atoms with E-state index in [1.807, 2.05) is 0 Å². The van der Waals surface area contributed by atoms with Crippen LogP contribution in [0.5, 0.6) is 0 Å². The minimum absolute atomic E-state index is 0.219. The summed E-state index contributed by atoms with van der Waals surface area (Å²) in [6.07, 6.45) is 2.81. The van der Waals surface area contributed by atoms with Gasteiger partial charge in [-0.05, 0) is 17.7 Å². The number of H-pyrrole nitrogens is 1. The number of amides is 1. The Bertz CT molecular complexity index is 634. The molecule has 6 nitrogen and oxygen atoms in total. The largest absolute Gasteiger partial charge is 0.313 e. The molecule has 1 N–H and O–H groups in total. The summed E-state index contributed by atoms with van der Waals surface area (Å²) in [7, 11) is 2.95. The molecule has 0 atom stereocenters. The molecular formula is C13H13N3O3. The Morgan fingerprint density at radius 1 is 1.32 bits per heavy atom. The molecule has 0 bridgehead atoms. The number of carbonyl (C=O) groups excluding carboxylic acids is 1. The fraction of sp³-hybridized carbons (Fsp3) is 0.154. The zero-order valence-corrected chi connectivity index (χ0v) is 10.6. The van der Waals surface area contributed by atoms with Gasteiger partial charge >= 0.3 is 0 Å². The van der Waals surface area contributed by atoms with Gasteiger partial charge in [-0.2, -0.15) is 0 Å². The fourth-order valence-corrected chi connectivity index (χ4v) is 1.61. The average Bonchev–Trinajstić information content (AvgIpc) is 2.46. The SMILES string of the molecule is CON(C)C(=O)c1ccc(-c2cnc[nH]c2=O)cc1. The molecule has 0 radical (unpaired) electrons. The van der Waals surface area contributed by atoms with Crippen molar-refractivity contribution in [2.45, 2.75) is 0 Å². The Balaban J connectivity index is 2.32. The van der Waals surface area contributed by atoms with Crippen LogP contribution < -0.4 is 5.56 Å². The normalized spacial score (nSPS) is 10.2. The number of rotatable bonds is 3. The average molecular weight is 259 g/mol. The van der Waals surface area contributed by atoms with E-state index in [0.29, 0.717) is 16.7 Å². The molecule has 98 valence electrons. The van der Waals surface area contributed by atoms with Crippen LogP contribution in [0.2, 0.25) is 0 Å². The van der Waals surface area contributed by atoms with Gasteiger partial charge in [-0.1, -0.05) is 12.1 Å². The molecule has 2 aromatic rings. The number of aromatic amines is 1. The number of hydrogen-bond acceptors (Lipinski definition) is 4. The van der Waals surface area contributed by atoms with E-state index in [1.165, 1.54) is 26.7 Å². The van der Waals surface area contributed by atoms with Crippen LogP contribution in [0.1, 0.15) is 10.4 Å². The topological polar surface area (TPSA) is 75.3 Å². The van der Waals surface area contributed by atoms with Crippen LogP contribution in [-0.4, -0.2) is 35.1 Å². The smallest absolute Gasteiger partial charge is 0.277 e. The lowest BCUT2D eigenvalue weighted by Gasteiger charge is -2.13. The van der Waals surface area contributed by atoms with Crippen LogP contribution in [0.3, 0.4) is 0 Å². The molecular weight excluding hydrogens is 246 g/mol. The monoisotopic (exact) mass is 259 g/mol. The molecule has 0 unspecified atom stereocenters. The summed E-state index contributed by atoms with van der Waals surface area (Å²) in [4.78, 5) is 34.6. The van der Waals surface area contributed by atoms with Gasteiger partial charge in [0, 0.05) is 18.8 Å². The molecule has 0 saturated heterocycles. The predicted molar refractivity (Wildman–Crippen MR) is 69.4 cm³/mol. The molecule has 0 aliphatic carbocycles. The highest BCUT2D eigenvalue weighted by Crippen LogP contribution is 2.15. The second-order valence-electron chi connectivity index (χ2n) is 3.86. The third-order valence-electron chi connectivity index (χ3n) is 2.72. The molecule has 0 saturated carbocycles. The summed E-state index contributed by atoms with van der Waals surface area (Å²) in [5, 5.41) is 1.13. The highest BCUT2D eigenvalue weighted by molar-refractivity contribution is 5.93. The van der Waals surface area contributed by atoms with Gasteiger partial charge in [-0.15, -0.1) is 0 Å². The maximum Gasteiger partial charge on any atom is 0.277 e. The molecule has 0 fully saturated rings. The highest BCUT2D eigenvalue weighted by Gasteiger charge is 2.11. The van der Waals surface area contributed by atoms with Gasteiger partial charge in [0.1, 0.15) is 0 Å². The van der Waals surface area contributed by atoms with Gasteiger partial charge in [0.15, 0.2) is 0 Å². The summed E-state index contributed by atoms with van der Waals surface area (Å²) in [5.41, 5.74) is 1.42. The Labute approximate surface area is 109 Å². The second kappa shape index (κ2) is 5.45. The van der Waals surface area contributed by atoms with Gasteiger partial charge in [-0.25, -0.2) is 10.0 Å². The number of carbonyl (C=O) groups is 1. The molecule has 1 aromatic heterocycles. The zero-order valence-electron chi connectivity index (χ0n) is 10.6. The van der Waals surface area contributed by atoms with Crippen LogP contribution in [0.25, 0.3) is 11.1 Å². The second-order valence-corrected chi connectivity index (χ2v) is 3.86. The molecule has 1 amide bonds. The van der Waals surface area contributed by atoms with Gasteiger partial charge in [0.2, 0.25) is 0 Å². The van der Waals surface area contributed by atoms with E-state index in [-0.39, 0.29) is 11.5 Å². The quantitative estimate of drug-likeness (QED) is 0.837. The van der Waals surface area contributed by atoms with Gasteiger partial charge < -0.3 is 4.98 Å². The van der Waals surface area contributed by atoms with Crippen molar-refractivity contribution in [3.63, 3.8) is 0 Å². The minimum Gasteiger partial charge on any atom is -0.313 e.